The lowest BCUT2D eigenvalue weighted by atomic mass is 10.1. The minimum Gasteiger partial charge on any atom is -0.295 e. The third-order valence-corrected chi connectivity index (χ3v) is 3.00. The summed E-state index contributed by atoms with van der Waals surface area (Å²) in [5.74, 6) is -0.860. The second kappa shape index (κ2) is 6.04. The summed E-state index contributed by atoms with van der Waals surface area (Å²) in [6, 6.07) is 13.0. The minimum absolute atomic E-state index is 0.189. The summed E-state index contributed by atoms with van der Waals surface area (Å²) in [5, 5.41) is 7.59. The second-order valence-corrected chi connectivity index (χ2v) is 4.42. The van der Waals surface area contributed by atoms with Gasteiger partial charge in [-0.05, 0) is 24.3 Å². The third-order valence-electron chi connectivity index (χ3n) is 3.00. The number of hydrogen-bond donors (Lipinski definition) is 2. The monoisotopic (exact) mass is 297 g/mol. The van der Waals surface area contributed by atoms with Gasteiger partial charge in [-0.25, -0.2) is 9.07 Å². The zero-order valence-electron chi connectivity index (χ0n) is 11.4. The maximum Gasteiger partial charge on any atom is 0.271 e. The quantitative estimate of drug-likeness (QED) is 0.724. The van der Waals surface area contributed by atoms with Gasteiger partial charge in [-0.2, -0.15) is 0 Å². The average Bonchev–Trinajstić information content (AvgIpc) is 3.08. The zero-order valence-corrected chi connectivity index (χ0v) is 11.4. The minimum atomic E-state index is -0.452. The first-order chi connectivity index (χ1) is 10.8. The molecule has 1 aromatic heterocycles. The lowest BCUT2D eigenvalue weighted by Gasteiger charge is -2.11. The van der Waals surface area contributed by atoms with Crippen molar-refractivity contribution in [3.05, 3.63) is 72.3 Å². The second-order valence-electron chi connectivity index (χ2n) is 4.42. The Morgan fingerprint density at radius 1 is 1.09 bits per heavy atom. The predicted molar refractivity (Wildman–Crippen MR) is 78.8 cm³/mol. The molecule has 3 aromatic rings. The van der Waals surface area contributed by atoms with Gasteiger partial charge in [0, 0.05) is 0 Å². The van der Waals surface area contributed by atoms with Gasteiger partial charge < -0.3 is 0 Å². The number of hydrogen-bond acceptors (Lipinski definition) is 4. The van der Waals surface area contributed by atoms with Crippen molar-refractivity contribution in [1.82, 2.24) is 20.4 Å². The van der Waals surface area contributed by atoms with Crippen LogP contribution in [0.15, 0.2) is 60.9 Å². The molecule has 1 heterocycles. The summed E-state index contributed by atoms with van der Waals surface area (Å²) in [6.45, 7) is 0. The first-order valence-electron chi connectivity index (χ1n) is 6.52. The van der Waals surface area contributed by atoms with E-state index in [9.17, 15) is 9.18 Å². The van der Waals surface area contributed by atoms with Gasteiger partial charge in [-0.15, -0.1) is 5.10 Å². The fourth-order valence-electron chi connectivity index (χ4n) is 1.96. The number of nitrogens with zero attached hydrogens (tertiary/aromatic N) is 3. The maximum atomic E-state index is 13.5. The van der Waals surface area contributed by atoms with Gasteiger partial charge in [-0.1, -0.05) is 29.5 Å². The molecule has 0 radical (unpaired) electrons. The molecule has 1 amide bonds. The molecule has 110 valence electrons. The van der Waals surface area contributed by atoms with Crippen molar-refractivity contribution >= 4 is 11.6 Å². The largest absolute Gasteiger partial charge is 0.295 e. The lowest BCUT2D eigenvalue weighted by molar-refractivity contribution is 0.0962. The van der Waals surface area contributed by atoms with Gasteiger partial charge in [0.1, 0.15) is 5.82 Å². The van der Waals surface area contributed by atoms with Crippen LogP contribution in [0.4, 0.5) is 10.1 Å². The van der Waals surface area contributed by atoms with E-state index in [1.54, 1.807) is 42.6 Å². The Balaban J connectivity index is 1.80. The molecule has 2 N–H and O–H groups in total. The van der Waals surface area contributed by atoms with E-state index >= 15 is 0 Å². The molecule has 0 aliphatic carbocycles. The Kier molecular flexibility index (Phi) is 3.78. The number of halogens is 1. The highest BCUT2D eigenvalue weighted by molar-refractivity contribution is 5.98. The standard InChI is InChI=1S/C15H12FN5O/c16-12-6-2-3-7-13(12)18-19-15(22)11-5-1-4-8-14(11)21-10-9-17-20-21/h1-10,18H,(H,19,22). The summed E-state index contributed by atoms with van der Waals surface area (Å²) in [7, 11) is 0. The summed E-state index contributed by atoms with van der Waals surface area (Å²) in [6.07, 6.45) is 3.16. The topological polar surface area (TPSA) is 71.8 Å². The highest BCUT2D eigenvalue weighted by Crippen LogP contribution is 2.14. The van der Waals surface area contributed by atoms with Gasteiger partial charge >= 0.3 is 0 Å². The normalized spacial score (nSPS) is 10.2. The first kappa shape index (κ1) is 13.7. The van der Waals surface area contributed by atoms with Crippen LogP contribution in [0.5, 0.6) is 0 Å². The van der Waals surface area contributed by atoms with E-state index in [0.29, 0.717) is 11.3 Å². The smallest absolute Gasteiger partial charge is 0.271 e. The number of para-hydroxylation sites is 2. The molecule has 0 fully saturated rings. The van der Waals surface area contributed by atoms with E-state index in [1.807, 2.05) is 0 Å². The van der Waals surface area contributed by atoms with E-state index in [-0.39, 0.29) is 5.69 Å². The van der Waals surface area contributed by atoms with Crippen LogP contribution >= 0.6 is 0 Å². The molecule has 6 nitrogen and oxygen atoms in total. The summed E-state index contributed by atoms with van der Waals surface area (Å²) >= 11 is 0. The van der Waals surface area contributed by atoms with Crippen LogP contribution in [0.1, 0.15) is 10.4 Å². The first-order valence-corrected chi connectivity index (χ1v) is 6.52. The maximum absolute atomic E-state index is 13.5. The van der Waals surface area contributed by atoms with Gasteiger partial charge in [0.25, 0.3) is 5.91 Å². The molecule has 0 saturated carbocycles. The molecule has 0 aliphatic rings. The van der Waals surface area contributed by atoms with Crippen LogP contribution in [0, 0.1) is 5.82 Å². The van der Waals surface area contributed by atoms with Crippen molar-refractivity contribution in [1.29, 1.82) is 0 Å². The van der Waals surface area contributed by atoms with Crippen LogP contribution in [0.2, 0.25) is 0 Å². The Hall–Kier alpha value is -3.22. The van der Waals surface area contributed by atoms with Crippen molar-refractivity contribution in [3.8, 4) is 5.69 Å². The number of rotatable bonds is 4. The number of nitrogens with one attached hydrogen (secondary N) is 2. The molecule has 0 unspecified atom stereocenters. The molecule has 0 atom stereocenters. The Labute approximate surface area is 125 Å². The fourth-order valence-corrected chi connectivity index (χ4v) is 1.96. The number of hydrazine groups is 1. The van der Waals surface area contributed by atoms with Gasteiger partial charge in [0.2, 0.25) is 0 Å². The number of anilines is 1. The van der Waals surface area contributed by atoms with Crippen LogP contribution in [-0.2, 0) is 0 Å². The Morgan fingerprint density at radius 3 is 2.64 bits per heavy atom. The molecule has 22 heavy (non-hydrogen) atoms. The molecule has 3 rings (SSSR count). The Morgan fingerprint density at radius 2 is 1.86 bits per heavy atom. The molecular weight excluding hydrogens is 285 g/mol. The highest BCUT2D eigenvalue weighted by atomic mass is 19.1. The number of benzene rings is 2. The van der Waals surface area contributed by atoms with E-state index in [0.717, 1.165) is 0 Å². The number of carbonyl (C=O) groups excluding carboxylic acids is 1. The molecule has 0 bridgehead atoms. The molecule has 0 aliphatic heterocycles. The zero-order chi connectivity index (χ0) is 15.4. The van der Waals surface area contributed by atoms with Gasteiger partial charge in [-0.3, -0.25) is 15.6 Å². The van der Waals surface area contributed by atoms with Crippen LogP contribution in [0.25, 0.3) is 5.69 Å². The van der Waals surface area contributed by atoms with E-state index < -0.39 is 11.7 Å². The van der Waals surface area contributed by atoms with Crippen molar-refractivity contribution in [2.75, 3.05) is 5.43 Å². The SMILES string of the molecule is O=C(NNc1ccccc1F)c1ccccc1-n1ccnn1. The van der Waals surface area contributed by atoms with E-state index in [2.05, 4.69) is 21.2 Å². The van der Waals surface area contributed by atoms with Crippen LogP contribution < -0.4 is 10.9 Å². The van der Waals surface area contributed by atoms with Gasteiger partial charge in [0.05, 0.1) is 29.3 Å². The molecule has 2 aromatic carbocycles. The highest BCUT2D eigenvalue weighted by Gasteiger charge is 2.13. The Bertz CT molecular complexity index is 788. The number of carbonyl (C=O) groups is 1. The number of aromatic nitrogens is 3. The summed E-state index contributed by atoms with van der Waals surface area (Å²) in [5.41, 5.74) is 6.18. The van der Waals surface area contributed by atoms with Crippen molar-refractivity contribution < 1.29 is 9.18 Å². The molecular formula is C15H12FN5O. The summed E-state index contributed by atoms with van der Waals surface area (Å²) < 4.78 is 15.0. The van der Waals surface area contributed by atoms with Crippen molar-refractivity contribution in [2.45, 2.75) is 0 Å². The summed E-state index contributed by atoms with van der Waals surface area (Å²) in [4.78, 5) is 12.3. The third kappa shape index (κ3) is 2.78. The molecule has 7 heteroatoms. The fraction of sp³-hybridized carbons (Fsp3) is 0. The molecule has 0 saturated heterocycles. The van der Waals surface area contributed by atoms with Gasteiger partial charge in [0.15, 0.2) is 0 Å². The van der Waals surface area contributed by atoms with E-state index in [1.165, 1.54) is 23.0 Å². The van der Waals surface area contributed by atoms with Crippen LogP contribution in [0.3, 0.4) is 0 Å². The van der Waals surface area contributed by atoms with Crippen LogP contribution in [-0.4, -0.2) is 20.9 Å². The number of amides is 1. The average molecular weight is 297 g/mol. The van der Waals surface area contributed by atoms with Crippen molar-refractivity contribution in [2.24, 2.45) is 0 Å². The van der Waals surface area contributed by atoms with Crippen molar-refractivity contribution in [3.63, 3.8) is 0 Å². The molecule has 0 spiro atoms. The predicted octanol–water partition coefficient (Wildman–Crippen LogP) is 2.16. The van der Waals surface area contributed by atoms with E-state index in [4.69, 9.17) is 0 Å². The lowest BCUT2D eigenvalue weighted by Crippen LogP contribution is -2.30.